The van der Waals surface area contributed by atoms with E-state index in [1.54, 1.807) is 4.90 Å². The Morgan fingerprint density at radius 3 is 2.20 bits per heavy atom. The van der Waals surface area contributed by atoms with Gasteiger partial charge in [-0.05, 0) is 13.8 Å². The molecule has 0 N–H and O–H groups in total. The SMILES string of the molecule is CC(C)C(=O)N1CCN(C(C)C)C(=O)C1. The van der Waals surface area contributed by atoms with E-state index in [4.69, 9.17) is 0 Å². The van der Waals surface area contributed by atoms with Crippen LogP contribution in [0.1, 0.15) is 27.7 Å². The van der Waals surface area contributed by atoms with Crippen LogP contribution in [0, 0.1) is 5.92 Å². The molecule has 1 aliphatic rings. The molecule has 15 heavy (non-hydrogen) atoms. The van der Waals surface area contributed by atoms with E-state index in [1.807, 2.05) is 32.6 Å². The van der Waals surface area contributed by atoms with Crippen molar-refractivity contribution in [1.29, 1.82) is 0 Å². The highest BCUT2D eigenvalue weighted by Crippen LogP contribution is 2.10. The first-order chi connectivity index (χ1) is 6.93. The average molecular weight is 212 g/mol. The standard InChI is InChI=1S/C11H20N2O2/c1-8(2)11(15)12-5-6-13(9(3)4)10(14)7-12/h8-9H,5-7H2,1-4H3. The number of piperazine rings is 1. The van der Waals surface area contributed by atoms with Crippen LogP contribution in [0.4, 0.5) is 0 Å². The van der Waals surface area contributed by atoms with Gasteiger partial charge in [-0.25, -0.2) is 0 Å². The number of amides is 2. The Morgan fingerprint density at radius 2 is 1.80 bits per heavy atom. The van der Waals surface area contributed by atoms with Gasteiger partial charge in [-0.15, -0.1) is 0 Å². The van der Waals surface area contributed by atoms with Crippen molar-refractivity contribution in [1.82, 2.24) is 9.80 Å². The second kappa shape index (κ2) is 4.64. The molecule has 4 heteroatoms. The number of nitrogens with zero attached hydrogens (tertiary/aromatic N) is 2. The molecule has 0 aromatic rings. The maximum atomic E-state index is 11.7. The van der Waals surface area contributed by atoms with Gasteiger partial charge in [0.2, 0.25) is 11.8 Å². The Hall–Kier alpha value is -1.06. The fraction of sp³-hybridized carbons (Fsp3) is 0.818. The highest BCUT2D eigenvalue weighted by molar-refractivity contribution is 5.86. The summed E-state index contributed by atoms with van der Waals surface area (Å²) in [6.07, 6.45) is 0. The van der Waals surface area contributed by atoms with Crippen molar-refractivity contribution < 1.29 is 9.59 Å². The summed E-state index contributed by atoms with van der Waals surface area (Å²) in [6, 6.07) is 0.230. The minimum atomic E-state index is -0.0246. The summed E-state index contributed by atoms with van der Waals surface area (Å²) in [5, 5.41) is 0. The Labute approximate surface area is 91.2 Å². The minimum Gasteiger partial charge on any atom is -0.337 e. The summed E-state index contributed by atoms with van der Waals surface area (Å²) in [5.41, 5.74) is 0. The van der Waals surface area contributed by atoms with Crippen molar-refractivity contribution in [2.45, 2.75) is 33.7 Å². The quantitative estimate of drug-likeness (QED) is 0.677. The molecule has 2 amide bonds. The molecule has 0 radical (unpaired) electrons. The first-order valence-electron chi connectivity index (χ1n) is 5.51. The minimum absolute atomic E-state index is 0.0246. The second-order valence-corrected chi connectivity index (χ2v) is 4.60. The third kappa shape index (κ3) is 2.70. The van der Waals surface area contributed by atoms with E-state index < -0.39 is 0 Å². The van der Waals surface area contributed by atoms with E-state index in [2.05, 4.69) is 0 Å². The van der Waals surface area contributed by atoms with Gasteiger partial charge in [0.05, 0.1) is 6.54 Å². The molecule has 1 heterocycles. The zero-order chi connectivity index (χ0) is 11.6. The number of carbonyl (C=O) groups is 2. The Morgan fingerprint density at radius 1 is 1.20 bits per heavy atom. The lowest BCUT2D eigenvalue weighted by atomic mass is 10.1. The molecular formula is C11H20N2O2. The van der Waals surface area contributed by atoms with Crippen molar-refractivity contribution in [2.75, 3.05) is 19.6 Å². The van der Waals surface area contributed by atoms with Gasteiger partial charge in [0.15, 0.2) is 0 Å². The fourth-order valence-corrected chi connectivity index (χ4v) is 1.79. The summed E-state index contributed by atoms with van der Waals surface area (Å²) >= 11 is 0. The molecule has 0 unspecified atom stereocenters. The molecule has 1 rings (SSSR count). The maximum absolute atomic E-state index is 11.7. The van der Waals surface area contributed by atoms with E-state index >= 15 is 0 Å². The van der Waals surface area contributed by atoms with Crippen LogP contribution in [0.5, 0.6) is 0 Å². The molecule has 0 aliphatic carbocycles. The number of hydrogen-bond acceptors (Lipinski definition) is 2. The van der Waals surface area contributed by atoms with Gasteiger partial charge >= 0.3 is 0 Å². The van der Waals surface area contributed by atoms with Gasteiger partial charge in [0.25, 0.3) is 0 Å². The van der Waals surface area contributed by atoms with Crippen LogP contribution in [0.25, 0.3) is 0 Å². The molecule has 0 aromatic carbocycles. The largest absolute Gasteiger partial charge is 0.337 e. The predicted octanol–water partition coefficient (Wildman–Crippen LogP) is 0.722. The van der Waals surface area contributed by atoms with Gasteiger partial charge in [-0.1, -0.05) is 13.8 Å². The van der Waals surface area contributed by atoms with Crippen molar-refractivity contribution >= 4 is 11.8 Å². The first kappa shape index (κ1) is 12.0. The topological polar surface area (TPSA) is 40.6 Å². The molecule has 0 aromatic heterocycles. The Kier molecular flexibility index (Phi) is 3.72. The smallest absolute Gasteiger partial charge is 0.242 e. The second-order valence-electron chi connectivity index (χ2n) is 4.60. The summed E-state index contributed by atoms with van der Waals surface area (Å²) in [6.45, 7) is 9.30. The Balaban J connectivity index is 2.58. The van der Waals surface area contributed by atoms with Crippen LogP contribution in [-0.4, -0.2) is 47.3 Å². The number of rotatable bonds is 2. The highest BCUT2D eigenvalue weighted by Gasteiger charge is 2.29. The summed E-state index contributed by atoms with van der Waals surface area (Å²) in [5.74, 6) is 0.111. The monoisotopic (exact) mass is 212 g/mol. The van der Waals surface area contributed by atoms with Crippen LogP contribution in [0.3, 0.4) is 0 Å². The van der Waals surface area contributed by atoms with E-state index in [0.717, 1.165) is 0 Å². The molecule has 0 saturated carbocycles. The third-order valence-corrected chi connectivity index (χ3v) is 2.69. The lowest BCUT2D eigenvalue weighted by Gasteiger charge is -2.37. The van der Waals surface area contributed by atoms with Gasteiger partial charge in [0, 0.05) is 25.0 Å². The summed E-state index contributed by atoms with van der Waals surface area (Å²) < 4.78 is 0. The molecule has 1 fully saturated rings. The zero-order valence-electron chi connectivity index (χ0n) is 9.99. The van der Waals surface area contributed by atoms with Gasteiger partial charge < -0.3 is 9.80 Å². The number of carbonyl (C=O) groups excluding carboxylic acids is 2. The van der Waals surface area contributed by atoms with Gasteiger partial charge in [0.1, 0.15) is 0 Å². The maximum Gasteiger partial charge on any atom is 0.242 e. The van der Waals surface area contributed by atoms with Crippen LogP contribution >= 0.6 is 0 Å². The summed E-state index contributed by atoms with van der Waals surface area (Å²) in [7, 11) is 0. The van der Waals surface area contributed by atoms with E-state index in [0.29, 0.717) is 13.1 Å². The predicted molar refractivity (Wildman–Crippen MR) is 58.3 cm³/mol. The molecular weight excluding hydrogens is 192 g/mol. The van der Waals surface area contributed by atoms with Crippen LogP contribution in [0.15, 0.2) is 0 Å². The molecule has 1 aliphatic heterocycles. The number of hydrogen-bond donors (Lipinski definition) is 0. The van der Waals surface area contributed by atoms with E-state index in [9.17, 15) is 9.59 Å². The van der Waals surface area contributed by atoms with Crippen molar-refractivity contribution in [2.24, 2.45) is 5.92 Å². The van der Waals surface area contributed by atoms with Crippen molar-refractivity contribution in [3.8, 4) is 0 Å². The molecule has 0 spiro atoms. The van der Waals surface area contributed by atoms with Crippen molar-refractivity contribution in [3.63, 3.8) is 0 Å². The normalized spacial score (nSPS) is 17.9. The summed E-state index contributed by atoms with van der Waals surface area (Å²) in [4.78, 5) is 26.9. The van der Waals surface area contributed by atoms with E-state index in [-0.39, 0.29) is 30.3 Å². The highest BCUT2D eigenvalue weighted by atomic mass is 16.2. The first-order valence-corrected chi connectivity index (χ1v) is 5.51. The molecule has 4 nitrogen and oxygen atoms in total. The van der Waals surface area contributed by atoms with Crippen molar-refractivity contribution in [3.05, 3.63) is 0 Å². The zero-order valence-corrected chi connectivity index (χ0v) is 9.99. The lowest BCUT2D eigenvalue weighted by Crippen LogP contribution is -2.54. The molecule has 0 atom stereocenters. The fourth-order valence-electron chi connectivity index (χ4n) is 1.79. The Bertz CT molecular complexity index is 261. The van der Waals surface area contributed by atoms with Crippen LogP contribution in [-0.2, 0) is 9.59 Å². The van der Waals surface area contributed by atoms with E-state index in [1.165, 1.54) is 0 Å². The van der Waals surface area contributed by atoms with Crippen LogP contribution < -0.4 is 0 Å². The third-order valence-electron chi connectivity index (χ3n) is 2.69. The van der Waals surface area contributed by atoms with Gasteiger partial charge in [-0.2, -0.15) is 0 Å². The van der Waals surface area contributed by atoms with Crippen LogP contribution in [0.2, 0.25) is 0 Å². The lowest BCUT2D eigenvalue weighted by molar-refractivity contribution is -0.148. The molecule has 86 valence electrons. The average Bonchev–Trinajstić information content (AvgIpc) is 2.15. The molecule has 1 saturated heterocycles. The van der Waals surface area contributed by atoms with Gasteiger partial charge in [-0.3, -0.25) is 9.59 Å². The molecule has 0 bridgehead atoms.